The van der Waals surface area contributed by atoms with Gasteiger partial charge in [-0.25, -0.2) is 0 Å². The van der Waals surface area contributed by atoms with Crippen molar-refractivity contribution in [1.82, 2.24) is 5.32 Å². The van der Waals surface area contributed by atoms with Crippen LogP contribution in [0.2, 0.25) is 0 Å². The molecule has 1 fully saturated rings. The Morgan fingerprint density at radius 1 is 1.15 bits per heavy atom. The SMILES string of the molecule is CC1CCC(CNCc2ccc(OC(F)F)cc2)CC1. The molecule has 0 heterocycles. The maximum absolute atomic E-state index is 12.0. The largest absolute Gasteiger partial charge is 0.435 e. The third kappa shape index (κ3) is 5.08. The molecule has 0 amide bonds. The van der Waals surface area contributed by atoms with Crippen LogP contribution in [0.15, 0.2) is 24.3 Å². The first-order valence-electron chi connectivity index (χ1n) is 7.38. The van der Waals surface area contributed by atoms with E-state index in [4.69, 9.17) is 0 Å². The molecule has 1 aromatic rings. The lowest BCUT2D eigenvalue weighted by Gasteiger charge is -2.26. The van der Waals surface area contributed by atoms with Gasteiger partial charge >= 0.3 is 6.61 Å². The molecule has 1 aliphatic carbocycles. The molecule has 0 unspecified atom stereocenters. The molecule has 0 radical (unpaired) electrons. The van der Waals surface area contributed by atoms with Crippen LogP contribution in [0.3, 0.4) is 0 Å². The Kier molecular flexibility index (Phi) is 5.77. The van der Waals surface area contributed by atoms with Crippen molar-refractivity contribution in [2.45, 2.75) is 45.8 Å². The Hall–Kier alpha value is -1.16. The molecule has 2 nitrogen and oxygen atoms in total. The molecule has 0 saturated heterocycles. The molecule has 0 aliphatic heterocycles. The highest BCUT2D eigenvalue weighted by Crippen LogP contribution is 2.27. The van der Waals surface area contributed by atoms with Crippen LogP contribution in [-0.2, 0) is 6.54 Å². The van der Waals surface area contributed by atoms with E-state index in [1.807, 2.05) is 12.1 Å². The third-order valence-electron chi connectivity index (χ3n) is 4.05. The van der Waals surface area contributed by atoms with Gasteiger partial charge in [-0.1, -0.05) is 31.9 Å². The summed E-state index contributed by atoms with van der Waals surface area (Å²) >= 11 is 0. The number of hydrogen-bond donors (Lipinski definition) is 1. The molecule has 1 N–H and O–H groups in total. The van der Waals surface area contributed by atoms with Crippen molar-refractivity contribution in [1.29, 1.82) is 0 Å². The van der Waals surface area contributed by atoms with Crippen LogP contribution in [0, 0.1) is 11.8 Å². The van der Waals surface area contributed by atoms with Gasteiger partial charge in [0.2, 0.25) is 0 Å². The van der Waals surface area contributed by atoms with Gasteiger partial charge in [-0.15, -0.1) is 0 Å². The fourth-order valence-electron chi connectivity index (χ4n) is 2.74. The molecule has 0 atom stereocenters. The highest BCUT2D eigenvalue weighted by atomic mass is 19.3. The lowest BCUT2D eigenvalue weighted by atomic mass is 9.83. The van der Waals surface area contributed by atoms with Crippen LogP contribution >= 0.6 is 0 Å². The van der Waals surface area contributed by atoms with E-state index in [-0.39, 0.29) is 5.75 Å². The number of nitrogens with one attached hydrogen (secondary N) is 1. The van der Waals surface area contributed by atoms with Gasteiger partial charge in [0.1, 0.15) is 5.75 Å². The second-order valence-electron chi connectivity index (χ2n) is 5.78. The molecule has 112 valence electrons. The number of halogens is 2. The Labute approximate surface area is 119 Å². The summed E-state index contributed by atoms with van der Waals surface area (Å²) in [5, 5.41) is 3.46. The van der Waals surface area contributed by atoms with Crippen molar-refractivity contribution >= 4 is 0 Å². The standard InChI is InChI=1S/C16H23F2NO/c1-12-2-4-13(5-3-12)10-19-11-14-6-8-15(9-7-14)20-16(17)18/h6-9,12-13,16,19H,2-5,10-11H2,1H3. The van der Waals surface area contributed by atoms with Crippen LogP contribution in [-0.4, -0.2) is 13.2 Å². The van der Waals surface area contributed by atoms with E-state index in [2.05, 4.69) is 17.0 Å². The fraction of sp³-hybridized carbons (Fsp3) is 0.625. The summed E-state index contributed by atoms with van der Waals surface area (Å²) in [4.78, 5) is 0. The number of benzene rings is 1. The molecular weight excluding hydrogens is 260 g/mol. The highest BCUT2D eigenvalue weighted by Gasteiger charge is 2.17. The van der Waals surface area contributed by atoms with Crippen molar-refractivity contribution in [3.05, 3.63) is 29.8 Å². The summed E-state index contributed by atoms with van der Waals surface area (Å²) in [6.45, 7) is 1.39. The maximum atomic E-state index is 12.0. The zero-order valence-electron chi connectivity index (χ0n) is 11.9. The average Bonchev–Trinajstić information content (AvgIpc) is 2.42. The minimum absolute atomic E-state index is 0.213. The summed E-state index contributed by atoms with van der Waals surface area (Å²) < 4.78 is 28.4. The zero-order chi connectivity index (χ0) is 14.4. The molecule has 0 spiro atoms. The van der Waals surface area contributed by atoms with E-state index < -0.39 is 6.61 Å². The first kappa shape index (κ1) is 15.2. The summed E-state index contributed by atoms with van der Waals surface area (Å²) in [5.74, 6) is 1.88. The number of rotatable bonds is 6. The monoisotopic (exact) mass is 283 g/mol. The smallest absolute Gasteiger partial charge is 0.387 e. The van der Waals surface area contributed by atoms with E-state index in [0.29, 0.717) is 0 Å². The van der Waals surface area contributed by atoms with Gasteiger partial charge in [-0.3, -0.25) is 0 Å². The molecule has 20 heavy (non-hydrogen) atoms. The molecule has 4 heteroatoms. The first-order chi connectivity index (χ1) is 9.63. The van der Waals surface area contributed by atoms with E-state index in [1.54, 1.807) is 12.1 Å². The van der Waals surface area contributed by atoms with Gasteiger partial charge in [0, 0.05) is 6.54 Å². The van der Waals surface area contributed by atoms with Gasteiger partial charge in [0.25, 0.3) is 0 Å². The predicted molar refractivity (Wildman–Crippen MR) is 75.9 cm³/mol. The summed E-state index contributed by atoms with van der Waals surface area (Å²) in [7, 11) is 0. The van der Waals surface area contributed by atoms with E-state index >= 15 is 0 Å². The second kappa shape index (κ2) is 7.58. The van der Waals surface area contributed by atoms with Gasteiger partial charge in [0.15, 0.2) is 0 Å². The Morgan fingerprint density at radius 3 is 2.40 bits per heavy atom. The molecule has 1 aromatic carbocycles. The van der Waals surface area contributed by atoms with Crippen molar-refractivity contribution in [2.75, 3.05) is 6.54 Å². The van der Waals surface area contributed by atoms with Crippen LogP contribution < -0.4 is 10.1 Å². The normalized spacial score (nSPS) is 23.0. The Balaban J connectivity index is 1.69. The van der Waals surface area contributed by atoms with Crippen molar-refractivity contribution < 1.29 is 13.5 Å². The molecule has 2 rings (SSSR count). The predicted octanol–water partition coefficient (Wildman–Crippen LogP) is 4.20. The molecular formula is C16H23F2NO. The maximum Gasteiger partial charge on any atom is 0.387 e. The van der Waals surface area contributed by atoms with E-state index in [9.17, 15) is 8.78 Å². The third-order valence-corrected chi connectivity index (χ3v) is 4.05. The quantitative estimate of drug-likeness (QED) is 0.844. The summed E-state index contributed by atoms with van der Waals surface area (Å²) in [5.41, 5.74) is 1.09. The van der Waals surface area contributed by atoms with Crippen molar-refractivity contribution in [2.24, 2.45) is 11.8 Å². The summed E-state index contributed by atoms with van der Waals surface area (Å²) in [6, 6.07) is 6.83. The van der Waals surface area contributed by atoms with Crippen molar-refractivity contribution in [3.63, 3.8) is 0 Å². The fourth-order valence-corrected chi connectivity index (χ4v) is 2.74. The van der Waals surface area contributed by atoms with Crippen LogP contribution in [0.1, 0.15) is 38.2 Å². The minimum atomic E-state index is -2.76. The van der Waals surface area contributed by atoms with Crippen molar-refractivity contribution in [3.8, 4) is 5.75 Å². The molecule has 1 saturated carbocycles. The molecule has 0 aromatic heterocycles. The van der Waals surface area contributed by atoms with Gasteiger partial charge in [0.05, 0.1) is 0 Å². The van der Waals surface area contributed by atoms with Crippen LogP contribution in [0.25, 0.3) is 0 Å². The Bertz CT molecular complexity index is 386. The van der Waals surface area contributed by atoms with E-state index in [0.717, 1.165) is 30.5 Å². The Morgan fingerprint density at radius 2 is 1.80 bits per heavy atom. The molecule has 0 bridgehead atoms. The topological polar surface area (TPSA) is 21.3 Å². The number of ether oxygens (including phenoxy) is 1. The first-order valence-corrected chi connectivity index (χ1v) is 7.38. The lowest BCUT2D eigenvalue weighted by Crippen LogP contribution is -2.25. The summed E-state index contributed by atoms with van der Waals surface area (Å²) in [6.07, 6.45) is 5.31. The van der Waals surface area contributed by atoms with Crippen LogP contribution in [0.4, 0.5) is 8.78 Å². The average molecular weight is 283 g/mol. The lowest BCUT2D eigenvalue weighted by molar-refractivity contribution is -0.0498. The van der Waals surface area contributed by atoms with Gasteiger partial charge < -0.3 is 10.1 Å². The number of hydrogen-bond acceptors (Lipinski definition) is 2. The molecule has 1 aliphatic rings. The van der Waals surface area contributed by atoms with Gasteiger partial charge in [-0.05, 0) is 48.9 Å². The number of alkyl halides is 2. The van der Waals surface area contributed by atoms with E-state index in [1.165, 1.54) is 25.7 Å². The van der Waals surface area contributed by atoms with Gasteiger partial charge in [-0.2, -0.15) is 8.78 Å². The van der Waals surface area contributed by atoms with Crippen LogP contribution in [0.5, 0.6) is 5.75 Å². The zero-order valence-corrected chi connectivity index (χ0v) is 11.9. The second-order valence-corrected chi connectivity index (χ2v) is 5.78. The minimum Gasteiger partial charge on any atom is -0.435 e. The highest BCUT2D eigenvalue weighted by molar-refractivity contribution is 5.27.